The van der Waals surface area contributed by atoms with E-state index in [4.69, 9.17) is 0 Å². The van der Waals surface area contributed by atoms with Crippen LogP contribution in [0.25, 0.3) is 0 Å². The minimum Gasteiger partial charge on any atom is -0.404 e. The molecular weight excluding hydrogens is 301 g/mol. The van der Waals surface area contributed by atoms with Gasteiger partial charge in [-0.1, -0.05) is 18.6 Å². The highest BCUT2D eigenvalue weighted by molar-refractivity contribution is 5.91. The molecule has 2 rings (SSSR count). The SMILES string of the molecule is O=C(Nc1ccccc1OC(F)(F)F)N[C@H]1CCC[C@@H]1CO. The van der Waals surface area contributed by atoms with Crippen LogP contribution in [-0.4, -0.2) is 30.1 Å². The van der Waals surface area contributed by atoms with Gasteiger partial charge in [-0.15, -0.1) is 13.2 Å². The van der Waals surface area contributed by atoms with Crippen molar-refractivity contribution < 1.29 is 27.8 Å². The lowest BCUT2D eigenvalue weighted by Crippen LogP contribution is -2.41. The maximum atomic E-state index is 12.3. The van der Waals surface area contributed by atoms with Crippen molar-refractivity contribution in [3.05, 3.63) is 24.3 Å². The molecule has 0 heterocycles. The van der Waals surface area contributed by atoms with Gasteiger partial charge >= 0.3 is 12.4 Å². The molecule has 1 aliphatic rings. The van der Waals surface area contributed by atoms with Gasteiger partial charge in [0.05, 0.1) is 5.69 Å². The van der Waals surface area contributed by atoms with Gasteiger partial charge in [-0.05, 0) is 25.0 Å². The third-order valence-corrected chi connectivity index (χ3v) is 3.57. The molecule has 0 bridgehead atoms. The number of carbonyl (C=O) groups is 1. The lowest BCUT2D eigenvalue weighted by molar-refractivity contribution is -0.274. The molecule has 22 heavy (non-hydrogen) atoms. The number of anilines is 1. The molecule has 1 saturated carbocycles. The van der Waals surface area contributed by atoms with Crippen molar-refractivity contribution in [1.82, 2.24) is 5.32 Å². The predicted molar refractivity (Wildman–Crippen MR) is 73.5 cm³/mol. The molecule has 1 aliphatic carbocycles. The molecule has 0 saturated heterocycles. The van der Waals surface area contributed by atoms with Crippen LogP contribution in [0.2, 0.25) is 0 Å². The van der Waals surface area contributed by atoms with E-state index >= 15 is 0 Å². The van der Waals surface area contributed by atoms with Crippen LogP contribution in [-0.2, 0) is 0 Å². The molecule has 1 aromatic carbocycles. The Morgan fingerprint density at radius 1 is 1.32 bits per heavy atom. The smallest absolute Gasteiger partial charge is 0.404 e. The zero-order chi connectivity index (χ0) is 16.2. The number of urea groups is 1. The highest BCUT2D eigenvalue weighted by Crippen LogP contribution is 2.30. The van der Waals surface area contributed by atoms with Crippen molar-refractivity contribution in [2.75, 3.05) is 11.9 Å². The number of rotatable bonds is 4. The molecule has 2 amide bonds. The van der Waals surface area contributed by atoms with E-state index in [1.807, 2.05) is 0 Å². The van der Waals surface area contributed by atoms with Crippen LogP contribution in [0.1, 0.15) is 19.3 Å². The van der Waals surface area contributed by atoms with Gasteiger partial charge in [-0.2, -0.15) is 0 Å². The molecule has 2 atom stereocenters. The van der Waals surface area contributed by atoms with Gasteiger partial charge in [0.2, 0.25) is 0 Å². The van der Waals surface area contributed by atoms with Gasteiger partial charge in [-0.3, -0.25) is 0 Å². The third kappa shape index (κ3) is 4.52. The van der Waals surface area contributed by atoms with Gasteiger partial charge in [0.15, 0.2) is 5.75 Å². The average Bonchev–Trinajstić information content (AvgIpc) is 2.86. The van der Waals surface area contributed by atoms with Crippen molar-refractivity contribution in [2.45, 2.75) is 31.7 Å². The van der Waals surface area contributed by atoms with Crippen LogP contribution in [0.15, 0.2) is 24.3 Å². The van der Waals surface area contributed by atoms with Crippen LogP contribution in [0.5, 0.6) is 5.75 Å². The Labute approximate surface area is 125 Å². The quantitative estimate of drug-likeness (QED) is 0.799. The van der Waals surface area contributed by atoms with Crippen LogP contribution in [0.3, 0.4) is 0 Å². The fourth-order valence-corrected chi connectivity index (χ4v) is 2.56. The fraction of sp³-hybridized carbons (Fsp3) is 0.500. The number of amides is 2. The van der Waals surface area contributed by atoms with Crippen molar-refractivity contribution in [3.8, 4) is 5.75 Å². The number of hydrogen-bond donors (Lipinski definition) is 3. The Morgan fingerprint density at radius 2 is 2.05 bits per heavy atom. The summed E-state index contributed by atoms with van der Waals surface area (Å²) in [7, 11) is 0. The van der Waals surface area contributed by atoms with Gasteiger partial charge < -0.3 is 20.5 Å². The zero-order valence-corrected chi connectivity index (χ0v) is 11.7. The summed E-state index contributed by atoms with van der Waals surface area (Å²) in [5.74, 6) is -0.498. The van der Waals surface area contributed by atoms with Crippen LogP contribution < -0.4 is 15.4 Å². The predicted octanol–water partition coefficient (Wildman–Crippen LogP) is 2.87. The fourth-order valence-electron chi connectivity index (χ4n) is 2.56. The van der Waals surface area contributed by atoms with Crippen molar-refractivity contribution in [3.63, 3.8) is 0 Å². The van der Waals surface area contributed by atoms with Gasteiger partial charge in [0, 0.05) is 18.6 Å². The summed E-state index contributed by atoms with van der Waals surface area (Å²) in [5, 5.41) is 14.2. The maximum Gasteiger partial charge on any atom is 0.573 e. The first-order chi connectivity index (χ1) is 10.4. The lowest BCUT2D eigenvalue weighted by atomic mass is 10.1. The molecule has 122 valence electrons. The first-order valence-electron chi connectivity index (χ1n) is 6.92. The minimum atomic E-state index is -4.83. The number of nitrogens with one attached hydrogen (secondary N) is 2. The Bertz CT molecular complexity index is 522. The highest BCUT2D eigenvalue weighted by Gasteiger charge is 2.32. The Morgan fingerprint density at radius 3 is 2.73 bits per heavy atom. The summed E-state index contributed by atoms with van der Waals surface area (Å²) in [4.78, 5) is 11.9. The maximum absolute atomic E-state index is 12.3. The topological polar surface area (TPSA) is 70.6 Å². The number of aliphatic hydroxyl groups is 1. The second kappa shape index (κ2) is 6.87. The van der Waals surface area contributed by atoms with Crippen LogP contribution >= 0.6 is 0 Å². The van der Waals surface area contributed by atoms with Gasteiger partial charge in [-0.25, -0.2) is 4.79 Å². The summed E-state index contributed by atoms with van der Waals surface area (Å²) in [6, 6.07) is 4.51. The lowest BCUT2D eigenvalue weighted by Gasteiger charge is -2.20. The van der Waals surface area contributed by atoms with Crippen LogP contribution in [0, 0.1) is 5.92 Å². The number of ether oxygens (including phenoxy) is 1. The molecule has 0 aliphatic heterocycles. The zero-order valence-electron chi connectivity index (χ0n) is 11.7. The second-order valence-corrected chi connectivity index (χ2v) is 5.12. The number of aliphatic hydroxyl groups excluding tert-OH is 1. The minimum absolute atomic E-state index is 0.0209. The Hall–Kier alpha value is -1.96. The Balaban J connectivity index is 1.99. The average molecular weight is 318 g/mol. The molecule has 0 unspecified atom stereocenters. The number of hydrogen-bond acceptors (Lipinski definition) is 3. The number of alkyl halides is 3. The van der Waals surface area contributed by atoms with Crippen LogP contribution in [0.4, 0.5) is 23.7 Å². The van der Waals surface area contributed by atoms with E-state index in [9.17, 15) is 23.1 Å². The molecular formula is C14H17F3N2O3. The molecule has 1 fully saturated rings. The summed E-state index contributed by atoms with van der Waals surface area (Å²) < 4.78 is 40.8. The molecule has 3 N–H and O–H groups in total. The molecule has 0 spiro atoms. The van der Waals surface area contributed by atoms with E-state index in [1.165, 1.54) is 18.2 Å². The van der Waals surface area contributed by atoms with Crippen molar-refractivity contribution in [1.29, 1.82) is 0 Å². The van der Waals surface area contributed by atoms with E-state index in [0.29, 0.717) is 0 Å². The van der Waals surface area contributed by atoms with E-state index < -0.39 is 18.1 Å². The monoisotopic (exact) mass is 318 g/mol. The standard InChI is InChI=1S/C14H17F3N2O3/c15-14(16,17)22-12-7-2-1-5-11(12)19-13(21)18-10-6-3-4-9(10)8-20/h1-2,5,7,9-10,20H,3-4,6,8H2,(H2,18,19,21)/t9-,10+/m1/s1. The van der Waals surface area contributed by atoms with Crippen molar-refractivity contribution >= 4 is 11.7 Å². The summed E-state index contributed by atoms with van der Waals surface area (Å²) in [6.07, 6.45) is -2.39. The number of benzene rings is 1. The molecule has 0 radical (unpaired) electrons. The van der Waals surface area contributed by atoms with Gasteiger partial charge in [0.25, 0.3) is 0 Å². The number of carbonyl (C=O) groups excluding carboxylic acids is 1. The largest absolute Gasteiger partial charge is 0.573 e. The number of para-hydroxylation sites is 2. The summed E-state index contributed by atoms with van der Waals surface area (Å²) >= 11 is 0. The first-order valence-corrected chi connectivity index (χ1v) is 6.92. The molecule has 0 aromatic heterocycles. The van der Waals surface area contributed by atoms with E-state index in [-0.39, 0.29) is 24.3 Å². The second-order valence-electron chi connectivity index (χ2n) is 5.12. The summed E-state index contributed by atoms with van der Waals surface area (Å²) in [5.41, 5.74) is -0.0733. The van der Waals surface area contributed by atoms with E-state index in [1.54, 1.807) is 0 Å². The van der Waals surface area contributed by atoms with E-state index in [0.717, 1.165) is 25.3 Å². The normalized spacial score (nSPS) is 21.5. The summed E-state index contributed by atoms with van der Waals surface area (Å²) in [6.45, 7) is -0.0290. The van der Waals surface area contributed by atoms with Gasteiger partial charge in [0.1, 0.15) is 0 Å². The third-order valence-electron chi connectivity index (χ3n) is 3.57. The molecule has 8 heteroatoms. The molecule has 1 aromatic rings. The number of halogens is 3. The first kappa shape index (κ1) is 16.4. The highest BCUT2D eigenvalue weighted by atomic mass is 19.4. The van der Waals surface area contributed by atoms with E-state index in [2.05, 4.69) is 15.4 Å². The Kier molecular flexibility index (Phi) is 5.12. The molecule has 5 nitrogen and oxygen atoms in total. The van der Waals surface area contributed by atoms with Crippen molar-refractivity contribution in [2.24, 2.45) is 5.92 Å².